The first-order chi connectivity index (χ1) is 28.9. The molecule has 0 unspecified atom stereocenters. The lowest BCUT2D eigenvalue weighted by Gasteiger charge is -2.28. The van der Waals surface area contributed by atoms with Gasteiger partial charge in [-0.1, -0.05) is 30.5 Å². The fourth-order valence-electron chi connectivity index (χ4n) is 8.13. The molecule has 4 aromatic heterocycles. The number of aryl methyl sites for hydroxylation is 1. The molecule has 0 spiro atoms. The first-order valence-corrected chi connectivity index (χ1v) is 21.2. The largest absolute Gasteiger partial charge is 0.435 e. The molecule has 0 radical (unpaired) electrons. The van der Waals surface area contributed by atoms with Crippen LogP contribution in [0.3, 0.4) is 0 Å². The SMILES string of the molecule is C[C@H](c1cc(F)cc(F)c1)[C@H](NC(=O)Cn1nc(C(F)(F)F)c2c1C(F)(F)[C@@H]1C[C@H]21)c1nc(C#CC(C)(C)n2ccnc2)ccc1-c1ccc(Cl)c2c(NS(C)(=O)=O)nn(C)c12. The van der Waals surface area contributed by atoms with E-state index in [0.717, 1.165) is 18.4 Å². The summed E-state index contributed by atoms with van der Waals surface area (Å²) in [7, 11) is -2.34. The highest BCUT2D eigenvalue weighted by Crippen LogP contribution is 2.68. The Labute approximate surface area is 354 Å². The van der Waals surface area contributed by atoms with Crippen LogP contribution in [0.4, 0.5) is 36.6 Å². The summed E-state index contributed by atoms with van der Waals surface area (Å²) in [6, 6.07) is 7.49. The second-order valence-corrected chi connectivity index (χ2v) is 18.1. The molecule has 4 heterocycles. The van der Waals surface area contributed by atoms with E-state index in [-0.39, 0.29) is 50.7 Å². The van der Waals surface area contributed by atoms with E-state index in [1.165, 1.54) is 24.7 Å². The average molecular weight is 902 g/mol. The number of fused-ring (bicyclic) bond motifs is 4. The van der Waals surface area contributed by atoms with Gasteiger partial charge in [0.1, 0.15) is 35.1 Å². The number of amides is 1. The predicted molar refractivity (Wildman–Crippen MR) is 213 cm³/mol. The number of rotatable bonds is 10. The lowest BCUT2D eigenvalue weighted by atomic mass is 9.87. The van der Waals surface area contributed by atoms with Crippen molar-refractivity contribution in [1.82, 2.24) is 39.4 Å². The number of hydrogen-bond acceptors (Lipinski definition) is 7. The van der Waals surface area contributed by atoms with Crippen molar-refractivity contribution in [2.24, 2.45) is 13.0 Å². The molecule has 0 saturated heterocycles. The summed E-state index contributed by atoms with van der Waals surface area (Å²) in [5.41, 5.74) is -2.90. The van der Waals surface area contributed by atoms with E-state index in [4.69, 9.17) is 16.6 Å². The normalized spacial score (nSPS) is 17.8. The smallest absolute Gasteiger partial charge is 0.345 e. The Morgan fingerprint density at radius 2 is 1.76 bits per heavy atom. The summed E-state index contributed by atoms with van der Waals surface area (Å²) in [4.78, 5) is 23.1. The molecule has 324 valence electrons. The van der Waals surface area contributed by atoms with Gasteiger partial charge in [-0.15, -0.1) is 0 Å². The number of carbonyl (C=O) groups is 1. The molecule has 1 fully saturated rings. The van der Waals surface area contributed by atoms with Gasteiger partial charge in [0.05, 0.1) is 40.2 Å². The van der Waals surface area contributed by atoms with E-state index in [2.05, 4.69) is 37.1 Å². The molecule has 2 aliphatic rings. The van der Waals surface area contributed by atoms with Crippen LogP contribution in [0.25, 0.3) is 22.0 Å². The number of aromatic nitrogens is 7. The Hall–Kier alpha value is -5.94. The molecule has 2 aliphatic carbocycles. The van der Waals surface area contributed by atoms with Crippen molar-refractivity contribution >= 4 is 44.3 Å². The summed E-state index contributed by atoms with van der Waals surface area (Å²) in [6.45, 7) is 4.06. The van der Waals surface area contributed by atoms with Gasteiger partial charge in [-0.2, -0.15) is 32.1 Å². The molecule has 62 heavy (non-hydrogen) atoms. The molecule has 8 rings (SSSR count). The maximum absolute atomic E-state index is 15.5. The fraction of sp³-hybridized carbons (Fsp3) is 0.341. The van der Waals surface area contributed by atoms with Crippen molar-refractivity contribution in [3.63, 3.8) is 0 Å². The second kappa shape index (κ2) is 14.9. The minimum atomic E-state index is -5.09. The van der Waals surface area contributed by atoms with E-state index >= 15 is 8.78 Å². The zero-order valence-electron chi connectivity index (χ0n) is 33.3. The van der Waals surface area contributed by atoms with Gasteiger partial charge in [-0.05, 0) is 68.0 Å². The minimum Gasteiger partial charge on any atom is -0.345 e. The van der Waals surface area contributed by atoms with Crippen LogP contribution in [0.1, 0.15) is 79.0 Å². The molecule has 0 aliphatic heterocycles. The maximum Gasteiger partial charge on any atom is 0.435 e. The summed E-state index contributed by atoms with van der Waals surface area (Å²) in [5, 5.41) is 10.8. The van der Waals surface area contributed by atoms with Gasteiger partial charge in [-0.25, -0.2) is 27.2 Å². The molecule has 1 saturated carbocycles. The third-order valence-electron chi connectivity index (χ3n) is 11.1. The Kier molecular flexibility index (Phi) is 10.2. The van der Waals surface area contributed by atoms with Crippen LogP contribution >= 0.6 is 11.6 Å². The highest BCUT2D eigenvalue weighted by atomic mass is 35.5. The number of pyridine rings is 1. The van der Waals surface area contributed by atoms with Gasteiger partial charge in [0.25, 0.3) is 5.92 Å². The highest BCUT2D eigenvalue weighted by molar-refractivity contribution is 7.92. The predicted octanol–water partition coefficient (Wildman–Crippen LogP) is 8.01. The van der Waals surface area contributed by atoms with Gasteiger partial charge in [0.15, 0.2) is 11.5 Å². The second-order valence-electron chi connectivity index (χ2n) is 15.9. The molecule has 4 atom stereocenters. The van der Waals surface area contributed by atoms with Gasteiger partial charge in [0, 0.05) is 54.0 Å². The molecule has 21 heteroatoms. The molecule has 1 amide bonds. The summed E-state index contributed by atoms with van der Waals surface area (Å²) >= 11 is 6.64. The van der Waals surface area contributed by atoms with Crippen molar-refractivity contribution in [1.29, 1.82) is 0 Å². The standard InChI is InChI=1S/C41H35ClF7N9O3S/c1-20(21-14-22(43)16-23(44)15-21)33(52-30(59)18-58-37-31(36(53-58)41(47,48)49)27-17-28(27)40(37,45)46)34-25(7-6-24(51-34)10-11-39(2,3)57-13-12-50-19-57)26-8-9-29(42)32-35(26)56(4)54-38(32)55-62(5,60)61/h6-9,12-16,19-20,27-28,33H,17-18H2,1-5H3,(H,52,59)(H,54,55)/t20-,27+,28-,33+/m1/s1. The molecule has 6 aromatic rings. The van der Waals surface area contributed by atoms with E-state index in [9.17, 15) is 35.2 Å². The number of alkyl halides is 5. The van der Waals surface area contributed by atoms with E-state index in [0.29, 0.717) is 16.3 Å². The minimum absolute atomic E-state index is 0.0125. The Morgan fingerprint density at radius 3 is 2.40 bits per heavy atom. The van der Waals surface area contributed by atoms with Gasteiger partial charge >= 0.3 is 6.18 Å². The van der Waals surface area contributed by atoms with Crippen LogP contribution in [0, 0.1) is 29.4 Å². The van der Waals surface area contributed by atoms with Crippen LogP contribution in [-0.2, 0) is 46.0 Å². The van der Waals surface area contributed by atoms with Crippen LogP contribution < -0.4 is 10.0 Å². The third kappa shape index (κ3) is 7.76. The first kappa shape index (κ1) is 42.7. The Morgan fingerprint density at radius 1 is 1.06 bits per heavy atom. The Bertz CT molecular complexity index is 2950. The Balaban J connectivity index is 1.31. The number of hydrogen-bond donors (Lipinski definition) is 2. The van der Waals surface area contributed by atoms with Crippen LogP contribution in [0.5, 0.6) is 0 Å². The topological polar surface area (TPSA) is 142 Å². The van der Waals surface area contributed by atoms with Crippen molar-refractivity contribution in [3.05, 3.63) is 112 Å². The number of nitrogens with one attached hydrogen (secondary N) is 2. The van der Waals surface area contributed by atoms with E-state index < -0.39 is 92.5 Å². The number of imidazole rings is 1. The van der Waals surface area contributed by atoms with Crippen molar-refractivity contribution in [2.45, 2.75) is 69.3 Å². The van der Waals surface area contributed by atoms with Gasteiger partial charge in [0.2, 0.25) is 15.9 Å². The quantitative estimate of drug-likeness (QED) is 0.105. The summed E-state index contributed by atoms with van der Waals surface area (Å²) in [6.07, 6.45) is 0.540. The number of nitrogens with zero attached hydrogens (tertiary/aromatic N) is 7. The number of sulfonamides is 1. The summed E-state index contributed by atoms with van der Waals surface area (Å²) in [5.74, 6) is -4.14. The van der Waals surface area contributed by atoms with Gasteiger partial charge < -0.3 is 9.88 Å². The average Bonchev–Trinajstić information content (AvgIpc) is 3.43. The van der Waals surface area contributed by atoms with Crippen molar-refractivity contribution in [2.75, 3.05) is 11.0 Å². The fourth-order valence-corrected chi connectivity index (χ4v) is 8.87. The lowest BCUT2D eigenvalue weighted by Crippen LogP contribution is -2.36. The van der Waals surface area contributed by atoms with Crippen LogP contribution in [0.2, 0.25) is 5.02 Å². The molecule has 0 bridgehead atoms. The zero-order valence-corrected chi connectivity index (χ0v) is 34.9. The molecular formula is C41H35ClF7N9O3S. The number of carbonyl (C=O) groups excluding carboxylic acids is 1. The number of anilines is 1. The van der Waals surface area contributed by atoms with Crippen molar-refractivity contribution in [3.8, 4) is 23.0 Å². The van der Waals surface area contributed by atoms with E-state index in [1.54, 1.807) is 41.5 Å². The maximum atomic E-state index is 15.5. The molecule has 12 nitrogen and oxygen atoms in total. The third-order valence-corrected chi connectivity index (χ3v) is 12.0. The summed E-state index contributed by atoms with van der Waals surface area (Å²) < 4.78 is 134. The molecule has 2 aromatic carbocycles. The van der Waals surface area contributed by atoms with Crippen molar-refractivity contribution < 1.29 is 43.9 Å². The lowest BCUT2D eigenvalue weighted by molar-refractivity contribution is -0.142. The zero-order chi connectivity index (χ0) is 44.8. The van der Waals surface area contributed by atoms with Crippen LogP contribution in [-0.4, -0.2) is 54.7 Å². The monoisotopic (exact) mass is 901 g/mol. The van der Waals surface area contributed by atoms with Gasteiger partial charge in [-0.3, -0.25) is 18.9 Å². The first-order valence-electron chi connectivity index (χ1n) is 18.9. The molecule has 2 N–H and O–H groups in total. The highest BCUT2D eigenvalue weighted by Gasteiger charge is 2.68. The molecular weight excluding hydrogens is 867 g/mol. The van der Waals surface area contributed by atoms with E-state index in [1.807, 2.05) is 13.8 Å². The number of benzene rings is 2. The van der Waals surface area contributed by atoms with Crippen LogP contribution in [0.15, 0.2) is 61.2 Å². The number of halogens is 8.